The molecule has 0 bridgehead atoms. The van der Waals surface area contributed by atoms with Gasteiger partial charge < -0.3 is 9.15 Å². The number of hydrogen-bond acceptors (Lipinski definition) is 4. The number of aldehydes is 1. The summed E-state index contributed by atoms with van der Waals surface area (Å²) in [7, 11) is -0.936. The summed E-state index contributed by atoms with van der Waals surface area (Å²) in [6.45, 7) is 1.38. The first-order valence-corrected chi connectivity index (χ1v) is 6.66. The van der Waals surface area contributed by atoms with Crippen LogP contribution < -0.4 is 0 Å². The van der Waals surface area contributed by atoms with E-state index in [9.17, 15) is 9.00 Å². The highest BCUT2D eigenvalue weighted by molar-refractivity contribution is 7.84. The van der Waals surface area contributed by atoms with Crippen LogP contribution in [0.3, 0.4) is 0 Å². The number of carbonyl (C=O) groups is 1. The van der Waals surface area contributed by atoms with Gasteiger partial charge in [0.05, 0.1) is 5.75 Å². The molecule has 1 aromatic rings. The maximum Gasteiger partial charge on any atom is 0.185 e. The van der Waals surface area contributed by atoms with Gasteiger partial charge in [0.15, 0.2) is 12.0 Å². The third-order valence-electron chi connectivity index (χ3n) is 2.62. The second kappa shape index (κ2) is 5.41. The van der Waals surface area contributed by atoms with Gasteiger partial charge in [-0.05, 0) is 25.0 Å². The third-order valence-corrected chi connectivity index (χ3v) is 4.41. The Bertz CT molecular complexity index is 379. The fourth-order valence-electron chi connectivity index (χ4n) is 1.73. The molecule has 16 heavy (non-hydrogen) atoms. The number of carbonyl (C=O) groups excluding carboxylic acids is 1. The second-order valence-electron chi connectivity index (χ2n) is 3.76. The maximum absolute atomic E-state index is 12.0. The van der Waals surface area contributed by atoms with E-state index in [1.807, 2.05) is 0 Å². The van der Waals surface area contributed by atoms with Crippen LogP contribution in [-0.4, -0.2) is 29.0 Å². The molecule has 1 unspecified atom stereocenters. The van der Waals surface area contributed by atoms with E-state index in [1.165, 1.54) is 0 Å². The third kappa shape index (κ3) is 2.80. The van der Waals surface area contributed by atoms with E-state index in [-0.39, 0.29) is 5.25 Å². The van der Waals surface area contributed by atoms with Gasteiger partial charge in [-0.3, -0.25) is 9.00 Å². The zero-order valence-corrected chi connectivity index (χ0v) is 9.70. The first kappa shape index (κ1) is 11.5. The largest absolute Gasteiger partial charge is 0.457 e. The van der Waals surface area contributed by atoms with Crippen molar-refractivity contribution >= 4 is 17.1 Å². The van der Waals surface area contributed by atoms with Crippen molar-refractivity contribution in [2.24, 2.45) is 0 Å². The molecule has 88 valence electrons. The lowest BCUT2D eigenvalue weighted by Crippen LogP contribution is -2.25. The van der Waals surface area contributed by atoms with E-state index >= 15 is 0 Å². The molecule has 0 N–H and O–H groups in total. The highest BCUT2D eigenvalue weighted by Gasteiger charge is 2.21. The van der Waals surface area contributed by atoms with Gasteiger partial charge in [-0.25, -0.2) is 0 Å². The SMILES string of the molecule is O=Cc1ccc(CS(=O)C2CCOCC2)o1. The highest BCUT2D eigenvalue weighted by atomic mass is 32.2. The van der Waals surface area contributed by atoms with Gasteiger partial charge in [0.2, 0.25) is 0 Å². The summed E-state index contributed by atoms with van der Waals surface area (Å²) in [5.74, 6) is 1.30. The first-order valence-electron chi connectivity index (χ1n) is 5.28. The standard InChI is InChI=1S/C11H14O4S/c12-7-9-1-2-10(15-9)8-16(13)11-3-5-14-6-4-11/h1-2,7,11H,3-6,8H2. The van der Waals surface area contributed by atoms with Crippen molar-refractivity contribution < 1.29 is 18.2 Å². The minimum Gasteiger partial charge on any atom is -0.457 e. The van der Waals surface area contributed by atoms with Crippen LogP contribution in [0.15, 0.2) is 16.5 Å². The van der Waals surface area contributed by atoms with Crippen LogP contribution in [0.5, 0.6) is 0 Å². The number of furan rings is 1. The molecule has 5 heteroatoms. The van der Waals surface area contributed by atoms with E-state index in [0.717, 1.165) is 12.8 Å². The van der Waals surface area contributed by atoms with E-state index in [4.69, 9.17) is 9.15 Å². The molecule has 0 amide bonds. The summed E-state index contributed by atoms with van der Waals surface area (Å²) < 4.78 is 22.4. The van der Waals surface area contributed by atoms with Gasteiger partial charge in [-0.15, -0.1) is 0 Å². The fourth-order valence-corrected chi connectivity index (χ4v) is 3.12. The number of ether oxygens (including phenoxy) is 1. The fraction of sp³-hybridized carbons (Fsp3) is 0.545. The summed E-state index contributed by atoms with van der Waals surface area (Å²) in [4.78, 5) is 10.4. The smallest absolute Gasteiger partial charge is 0.185 e. The van der Waals surface area contributed by atoms with E-state index in [2.05, 4.69) is 0 Å². The molecule has 1 aliphatic heterocycles. The molecule has 0 aliphatic carbocycles. The van der Waals surface area contributed by atoms with Crippen LogP contribution >= 0.6 is 0 Å². The minimum atomic E-state index is -0.936. The topological polar surface area (TPSA) is 56.5 Å². The minimum absolute atomic E-state index is 0.193. The van der Waals surface area contributed by atoms with Gasteiger partial charge >= 0.3 is 0 Å². The van der Waals surface area contributed by atoms with Crippen LogP contribution in [0.2, 0.25) is 0 Å². The Kier molecular flexibility index (Phi) is 3.90. The molecule has 0 spiro atoms. The van der Waals surface area contributed by atoms with Gasteiger partial charge in [0.25, 0.3) is 0 Å². The zero-order chi connectivity index (χ0) is 11.4. The Morgan fingerprint density at radius 2 is 2.12 bits per heavy atom. The van der Waals surface area contributed by atoms with Crippen molar-refractivity contribution in [3.05, 3.63) is 23.7 Å². The van der Waals surface area contributed by atoms with Crippen LogP contribution in [0.4, 0.5) is 0 Å². The zero-order valence-electron chi connectivity index (χ0n) is 8.89. The quantitative estimate of drug-likeness (QED) is 0.751. The average molecular weight is 242 g/mol. The molecule has 2 heterocycles. The molecular formula is C11H14O4S. The van der Waals surface area contributed by atoms with Crippen molar-refractivity contribution in [1.29, 1.82) is 0 Å². The normalized spacial score (nSPS) is 19.5. The molecular weight excluding hydrogens is 228 g/mol. The van der Waals surface area contributed by atoms with Crippen LogP contribution in [0, 0.1) is 0 Å². The Morgan fingerprint density at radius 3 is 2.75 bits per heavy atom. The predicted octanol–water partition coefficient (Wildman–Crippen LogP) is 1.52. The summed E-state index contributed by atoms with van der Waals surface area (Å²) in [5, 5.41) is 0.193. The summed E-state index contributed by atoms with van der Waals surface area (Å²) in [6, 6.07) is 3.31. The van der Waals surface area contributed by atoms with Gasteiger partial charge in [0, 0.05) is 29.3 Å². The highest BCUT2D eigenvalue weighted by Crippen LogP contribution is 2.17. The van der Waals surface area contributed by atoms with E-state index < -0.39 is 10.8 Å². The first-order chi connectivity index (χ1) is 7.79. The Hall–Kier alpha value is -0.940. The van der Waals surface area contributed by atoms with Crippen LogP contribution in [0.1, 0.15) is 29.2 Å². The molecule has 1 fully saturated rings. The van der Waals surface area contributed by atoms with Crippen molar-refractivity contribution in [3.8, 4) is 0 Å². The molecule has 0 radical (unpaired) electrons. The van der Waals surface area contributed by atoms with E-state index in [1.54, 1.807) is 12.1 Å². The lowest BCUT2D eigenvalue weighted by Gasteiger charge is -2.20. The Labute approximate surface area is 96.4 Å². The number of hydrogen-bond donors (Lipinski definition) is 0. The number of rotatable bonds is 4. The molecule has 1 saturated heterocycles. The average Bonchev–Trinajstić information content (AvgIpc) is 2.78. The van der Waals surface area contributed by atoms with Gasteiger partial charge in [-0.2, -0.15) is 0 Å². The van der Waals surface area contributed by atoms with Crippen LogP contribution in [-0.2, 0) is 21.3 Å². The van der Waals surface area contributed by atoms with Crippen molar-refractivity contribution in [2.75, 3.05) is 13.2 Å². The summed E-state index contributed by atoms with van der Waals surface area (Å²) >= 11 is 0. The van der Waals surface area contributed by atoms with Gasteiger partial charge in [0.1, 0.15) is 5.76 Å². The van der Waals surface area contributed by atoms with E-state index in [0.29, 0.717) is 36.8 Å². The second-order valence-corrected chi connectivity index (χ2v) is 5.48. The Balaban J connectivity index is 1.92. The van der Waals surface area contributed by atoms with Crippen molar-refractivity contribution in [2.45, 2.75) is 23.8 Å². The van der Waals surface area contributed by atoms with Crippen molar-refractivity contribution in [1.82, 2.24) is 0 Å². The molecule has 2 rings (SSSR count). The monoisotopic (exact) mass is 242 g/mol. The molecule has 1 aliphatic rings. The van der Waals surface area contributed by atoms with Crippen molar-refractivity contribution in [3.63, 3.8) is 0 Å². The predicted molar refractivity (Wildman–Crippen MR) is 59.8 cm³/mol. The van der Waals surface area contributed by atoms with Gasteiger partial charge in [-0.1, -0.05) is 0 Å². The summed E-state index contributed by atoms with van der Waals surface area (Å²) in [5.41, 5.74) is 0. The molecule has 1 atom stereocenters. The molecule has 0 aromatic carbocycles. The maximum atomic E-state index is 12.0. The molecule has 4 nitrogen and oxygen atoms in total. The lowest BCUT2D eigenvalue weighted by molar-refractivity contribution is 0.0991. The lowest BCUT2D eigenvalue weighted by atomic mass is 10.2. The summed E-state index contributed by atoms with van der Waals surface area (Å²) in [6.07, 6.45) is 2.34. The Morgan fingerprint density at radius 1 is 1.38 bits per heavy atom. The van der Waals surface area contributed by atoms with Crippen LogP contribution in [0.25, 0.3) is 0 Å². The molecule has 0 saturated carbocycles. The molecule has 1 aromatic heterocycles.